The predicted molar refractivity (Wildman–Crippen MR) is 148 cm³/mol. The number of aryl methyl sites for hydroxylation is 1. The first kappa shape index (κ1) is 24.7. The molecule has 5 nitrogen and oxygen atoms in total. The molecule has 0 saturated heterocycles. The van der Waals surface area contributed by atoms with E-state index in [9.17, 15) is 9.59 Å². The maximum Gasteiger partial charge on any atom is 0.248 e. The second-order valence-corrected chi connectivity index (χ2v) is 10.4. The van der Waals surface area contributed by atoms with Gasteiger partial charge >= 0.3 is 0 Å². The average Bonchev–Trinajstić information content (AvgIpc) is 3.29. The van der Waals surface area contributed by atoms with E-state index in [0.717, 1.165) is 32.2 Å². The first-order valence-electron chi connectivity index (χ1n) is 11.5. The van der Waals surface area contributed by atoms with Gasteiger partial charge in [-0.2, -0.15) is 0 Å². The van der Waals surface area contributed by atoms with Gasteiger partial charge in [0.25, 0.3) is 0 Å². The van der Waals surface area contributed by atoms with E-state index in [1.54, 1.807) is 6.08 Å². The van der Waals surface area contributed by atoms with E-state index in [4.69, 9.17) is 0 Å². The van der Waals surface area contributed by atoms with E-state index in [0.29, 0.717) is 12.1 Å². The fourth-order valence-corrected chi connectivity index (χ4v) is 5.72. The third-order valence-electron chi connectivity index (χ3n) is 5.40. The number of anilines is 2. The lowest BCUT2D eigenvalue weighted by Gasteiger charge is -2.13. The Balaban J connectivity index is 1.39. The zero-order chi connectivity index (χ0) is 24.6. The molecule has 0 saturated carbocycles. The Morgan fingerprint density at radius 2 is 1.71 bits per heavy atom. The van der Waals surface area contributed by atoms with Gasteiger partial charge in [-0.25, -0.2) is 4.98 Å². The SMILES string of the molecule is CCc1ccc(NC(=O)C(CC)Sc2nc3ccc(NC(=O)C=Cc4ccccc4)cc3s2)cc1. The van der Waals surface area contributed by atoms with Crippen molar-refractivity contribution in [3.63, 3.8) is 0 Å². The van der Waals surface area contributed by atoms with Crippen molar-refractivity contribution in [1.29, 1.82) is 0 Å². The summed E-state index contributed by atoms with van der Waals surface area (Å²) in [6.45, 7) is 4.11. The van der Waals surface area contributed by atoms with Gasteiger partial charge in [-0.05, 0) is 60.4 Å². The number of nitrogens with one attached hydrogen (secondary N) is 2. The Hall–Kier alpha value is -3.42. The Bertz CT molecular complexity index is 1330. The number of nitrogens with zero attached hydrogens (tertiary/aromatic N) is 1. The van der Waals surface area contributed by atoms with E-state index in [1.807, 2.05) is 79.7 Å². The number of benzene rings is 3. The smallest absolute Gasteiger partial charge is 0.248 e. The molecule has 2 N–H and O–H groups in total. The van der Waals surface area contributed by atoms with E-state index >= 15 is 0 Å². The van der Waals surface area contributed by atoms with Crippen LogP contribution >= 0.6 is 23.1 Å². The molecule has 2 amide bonds. The molecule has 3 aromatic carbocycles. The fourth-order valence-electron chi connectivity index (χ4n) is 3.44. The molecule has 0 fully saturated rings. The van der Waals surface area contributed by atoms with Crippen molar-refractivity contribution in [3.8, 4) is 0 Å². The molecule has 7 heteroatoms. The molecule has 0 bridgehead atoms. The van der Waals surface area contributed by atoms with Crippen molar-refractivity contribution in [2.75, 3.05) is 10.6 Å². The van der Waals surface area contributed by atoms with Gasteiger partial charge in [0.05, 0.1) is 15.5 Å². The molecule has 0 aliphatic carbocycles. The highest BCUT2D eigenvalue weighted by atomic mass is 32.2. The lowest BCUT2D eigenvalue weighted by atomic mass is 10.1. The van der Waals surface area contributed by atoms with Crippen LogP contribution in [0.4, 0.5) is 11.4 Å². The van der Waals surface area contributed by atoms with Crippen molar-refractivity contribution >= 4 is 62.6 Å². The largest absolute Gasteiger partial charge is 0.325 e. The van der Waals surface area contributed by atoms with E-state index in [2.05, 4.69) is 22.5 Å². The number of thiazole rings is 1. The van der Waals surface area contributed by atoms with Crippen molar-refractivity contribution in [2.24, 2.45) is 0 Å². The lowest BCUT2D eigenvalue weighted by Crippen LogP contribution is -2.24. The summed E-state index contributed by atoms with van der Waals surface area (Å²) in [6, 6.07) is 23.3. The quantitative estimate of drug-likeness (QED) is 0.191. The first-order valence-corrected chi connectivity index (χ1v) is 13.2. The molecule has 0 aliphatic rings. The Kier molecular flexibility index (Phi) is 8.34. The Morgan fingerprint density at radius 1 is 0.971 bits per heavy atom. The molecule has 35 heavy (non-hydrogen) atoms. The van der Waals surface area contributed by atoms with E-state index in [1.165, 1.54) is 34.7 Å². The average molecular weight is 502 g/mol. The van der Waals surface area contributed by atoms with Gasteiger partial charge in [-0.1, -0.05) is 68.1 Å². The van der Waals surface area contributed by atoms with Gasteiger partial charge in [0.2, 0.25) is 11.8 Å². The summed E-state index contributed by atoms with van der Waals surface area (Å²) in [5, 5.41) is 5.67. The minimum Gasteiger partial charge on any atom is -0.325 e. The minimum atomic E-state index is -0.247. The number of rotatable bonds is 9. The number of aromatic nitrogens is 1. The van der Waals surface area contributed by atoms with Gasteiger partial charge in [0, 0.05) is 17.5 Å². The molecule has 1 atom stereocenters. The zero-order valence-electron chi connectivity index (χ0n) is 19.7. The second-order valence-electron chi connectivity index (χ2n) is 7.95. The summed E-state index contributed by atoms with van der Waals surface area (Å²) < 4.78 is 1.79. The molecular formula is C28H27N3O2S2. The van der Waals surface area contributed by atoms with Crippen LogP contribution in [-0.4, -0.2) is 22.0 Å². The standard InChI is InChI=1S/C28H27N3O2S2/c1-3-19-10-13-21(14-11-19)30-27(33)24(4-2)34-28-31-23-16-15-22(18-25(23)35-28)29-26(32)17-12-20-8-6-5-7-9-20/h5-18,24H,3-4H2,1-2H3,(H,29,32)(H,30,33). The van der Waals surface area contributed by atoms with Gasteiger partial charge in [-0.15, -0.1) is 11.3 Å². The number of carbonyl (C=O) groups is 2. The fraction of sp³-hybridized carbons (Fsp3) is 0.179. The summed E-state index contributed by atoms with van der Waals surface area (Å²) in [5.74, 6) is -0.221. The summed E-state index contributed by atoms with van der Waals surface area (Å²) in [4.78, 5) is 29.8. The van der Waals surface area contributed by atoms with Crippen LogP contribution in [-0.2, 0) is 16.0 Å². The molecule has 0 radical (unpaired) electrons. The molecule has 178 valence electrons. The molecule has 0 spiro atoms. The number of amides is 2. The summed E-state index contributed by atoms with van der Waals surface area (Å²) >= 11 is 3.00. The number of fused-ring (bicyclic) bond motifs is 1. The summed E-state index contributed by atoms with van der Waals surface area (Å²) in [7, 11) is 0. The Labute approximate surface area is 213 Å². The molecule has 1 unspecified atom stereocenters. The molecule has 4 rings (SSSR count). The topological polar surface area (TPSA) is 71.1 Å². The predicted octanol–water partition coefficient (Wildman–Crippen LogP) is 7.02. The van der Waals surface area contributed by atoms with Crippen molar-refractivity contribution in [3.05, 3.63) is 90.0 Å². The summed E-state index contributed by atoms with van der Waals surface area (Å²) in [6.07, 6.45) is 4.96. The van der Waals surface area contributed by atoms with Gasteiger partial charge in [0.15, 0.2) is 4.34 Å². The van der Waals surface area contributed by atoms with Crippen LogP contribution < -0.4 is 10.6 Å². The van der Waals surface area contributed by atoms with E-state index in [-0.39, 0.29) is 17.1 Å². The van der Waals surface area contributed by atoms with E-state index < -0.39 is 0 Å². The van der Waals surface area contributed by atoms with Crippen LogP contribution in [0.5, 0.6) is 0 Å². The van der Waals surface area contributed by atoms with Crippen LogP contribution in [0, 0.1) is 0 Å². The molecule has 1 aromatic heterocycles. The van der Waals surface area contributed by atoms with Gasteiger partial charge in [0.1, 0.15) is 0 Å². The lowest BCUT2D eigenvalue weighted by molar-refractivity contribution is -0.115. The number of hydrogen-bond donors (Lipinski definition) is 2. The van der Waals surface area contributed by atoms with Gasteiger partial charge in [-0.3, -0.25) is 9.59 Å². The number of carbonyl (C=O) groups excluding carboxylic acids is 2. The maximum atomic E-state index is 12.8. The normalized spacial score (nSPS) is 12.1. The maximum absolute atomic E-state index is 12.8. The van der Waals surface area contributed by atoms with Crippen LogP contribution in [0.15, 0.2) is 83.2 Å². The number of thioether (sulfide) groups is 1. The zero-order valence-corrected chi connectivity index (χ0v) is 21.3. The first-order chi connectivity index (χ1) is 17.0. The molecule has 4 aromatic rings. The third kappa shape index (κ3) is 6.81. The highest BCUT2D eigenvalue weighted by molar-refractivity contribution is 8.02. The highest BCUT2D eigenvalue weighted by Crippen LogP contribution is 2.34. The van der Waals surface area contributed by atoms with Crippen molar-refractivity contribution < 1.29 is 9.59 Å². The third-order valence-corrected chi connectivity index (χ3v) is 7.88. The minimum absolute atomic E-state index is 0.0286. The van der Waals surface area contributed by atoms with Crippen LogP contribution in [0.25, 0.3) is 16.3 Å². The number of hydrogen-bond acceptors (Lipinski definition) is 5. The molecule has 1 heterocycles. The summed E-state index contributed by atoms with van der Waals surface area (Å²) in [5.41, 5.74) is 4.56. The molecule has 0 aliphatic heterocycles. The van der Waals surface area contributed by atoms with Crippen LogP contribution in [0.2, 0.25) is 0 Å². The monoisotopic (exact) mass is 501 g/mol. The Morgan fingerprint density at radius 3 is 2.43 bits per heavy atom. The second kappa shape index (κ2) is 11.8. The highest BCUT2D eigenvalue weighted by Gasteiger charge is 2.20. The van der Waals surface area contributed by atoms with Gasteiger partial charge < -0.3 is 10.6 Å². The van der Waals surface area contributed by atoms with Crippen LogP contribution in [0.1, 0.15) is 31.4 Å². The van der Waals surface area contributed by atoms with Crippen molar-refractivity contribution in [2.45, 2.75) is 36.3 Å². The molecular weight excluding hydrogens is 474 g/mol. The van der Waals surface area contributed by atoms with Crippen LogP contribution in [0.3, 0.4) is 0 Å². The van der Waals surface area contributed by atoms with Crippen molar-refractivity contribution in [1.82, 2.24) is 4.98 Å².